The molecule has 3 aromatic rings. The standard InChI is InChI=1S/C14H12N4O/c19-14(10-11-4-2-1-3-5-11)17-13-6-8-15-12-7-9-16-18(12)13/h1-9H,10H2,(H,17,19). The minimum Gasteiger partial charge on any atom is -0.310 e. The fourth-order valence-electron chi connectivity index (χ4n) is 1.90. The van der Waals surface area contributed by atoms with Gasteiger partial charge in [-0.1, -0.05) is 30.3 Å². The maximum Gasteiger partial charge on any atom is 0.229 e. The Balaban J connectivity index is 1.78. The molecule has 0 fully saturated rings. The Kier molecular flexibility index (Phi) is 2.94. The Morgan fingerprint density at radius 2 is 1.95 bits per heavy atom. The monoisotopic (exact) mass is 252 g/mol. The van der Waals surface area contributed by atoms with Crippen LogP contribution in [0.15, 0.2) is 54.9 Å². The summed E-state index contributed by atoms with van der Waals surface area (Å²) in [5.74, 6) is 0.546. The fourth-order valence-corrected chi connectivity index (χ4v) is 1.90. The molecule has 1 amide bonds. The van der Waals surface area contributed by atoms with E-state index in [0.717, 1.165) is 5.56 Å². The molecule has 2 aromatic heterocycles. The molecule has 0 aliphatic carbocycles. The van der Waals surface area contributed by atoms with Crippen LogP contribution in [0.1, 0.15) is 5.56 Å². The number of hydrogen-bond acceptors (Lipinski definition) is 3. The van der Waals surface area contributed by atoms with Crippen molar-refractivity contribution in [1.29, 1.82) is 0 Å². The third-order valence-corrected chi connectivity index (χ3v) is 2.77. The number of amides is 1. The van der Waals surface area contributed by atoms with E-state index in [1.54, 1.807) is 29.0 Å². The Labute approximate surface area is 109 Å². The van der Waals surface area contributed by atoms with Gasteiger partial charge in [0.1, 0.15) is 5.82 Å². The minimum atomic E-state index is -0.0748. The van der Waals surface area contributed by atoms with E-state index < -0.39 is 0 Å². The van der Waals surface area contributed by atoms with Crippen molar-refractivity contribution in [2.45, 2.75) is 6.42 Å². The zero-order valence-corrected chi connectivity index (χ0v) is 10.2. The zero-order chi connectivity index (χ0) is 13.1. The van der Waals surface area contributed by atoms with E-state index in [1.807, 2.05) is 30.3 Å². The molecule has 0 radical (unpaired) electrons. The zero-order valence-electron chi connectivity index (χ0n) is 10.2. The van der Waals surface area contributed by atoms with Crippen molar-refractivity contribution in [3.8, 4) is 0 Å². The molecule has 3 rings (SSSR count). The van der Waals surface area contributed by atoms with Crippen molar-refractivity contribution >= 4 is 17.4 Å². The van der Waals surface area contributed by atoms with Gasteiger partial charge >= 0.3 is 0 Å². The van der Waals surface area contributed by atoms with E-state index in [9.17, 15) is 4.79 Å². The summed E-state index contributed by atoms with van der Waals surface area (Å²) in [5.41, 5.74) is 1.68. The van der Waals surface area contributed by atoms with Gasteiger partial charge in [-0.05, 0) is 11.6 Å². The van der Waals surface area contributed by atoms with Crippen molar-refractivity contribution < 1.29 is 4.79 Å². The van der Waals surface area contributed by atoms with Crippen LogP contribution in [0.25, 0.3) is 5.65 Å². The van der Waals surface area contributed by atoms with Gasteiger partial charge < -0.3 is 5.32 Å². The van der Waals surface area contributed by atoms with Gasteiger partial charge in [0.25, 0.3) is 0 Å². The number of carbonyl (C=O) groups is 1. The summed E-state index contributed by atoms with van der Waals surface area (Å²) in [4.78, 5) is 16.1. The van der Waals surface area contributed by atoms with Crippen LogP contribution < -0.4 is 5.32 Å². The molecule has 0 bridgehead atoms. The third kappa shape index (κ3) is 2.44. The van der Waals surface area contributed by atoms with Gasteiger partial charge in [-0.25, -0.2) is 4.98 Å². The van der Waals surface area contributed by atoms with Crippen LogP contribution in [0.4, 0.5) is 5.82 Å². The second-order valence-corrected chi connectivity index (χ2v) is 4.14. The smallest absolute Gasteiger partial charge is 0.229 e. The van der Waals surface area contributed by atoms with Crippen LogP contribution in [0.2, 0.25) is 0 Å². The highest BCUT2D eigenvalue weighted by molar-refractivity contribution is 5.91. The maximum atomic E-state index is 12.0. The van der Waals surface area contributed by atoms with Crippen molar-refractivity contribution in [2.75, 3.05) is 5.32 Å². The lowest BCUT2D eigenvalue weighted by atomic mass is 10.1. The average Bonchev–Trinajstić information content (AvgIpc) is 2.89. The Morgan fingerprint density at radius 1 is 1.11 bits per heavy atom. The molecule has 0 unspecified atom stereocenters. The van der Waals surface area contributed by atoms with E-state index in [-0.39, 0.29) is 5.91 Å². The first-order chi connectivity index (χ1) is 9.33. The minimum absolute atomic E-state index is 0.0748. The molecule has 0 atom stereocenters. The number of aromatic nitrogens is 3. The van der Waals surface area contributed by atoms with Crippen LogP contribution in [-0.2, 0) is 11.2 Å². The molecule has 94 valence electrons. The first kappa shape index (κ1) is 11.4. The van der Waals surface area contributed by atoms with Crippen molar-refractivity contribution in [3.63, 3.8) is 0 Å². The summed E-state index contributed by atoms with van der Waals surface area (Å²) in [5, 5.41) is 6.96. The molecule has 0 saturated carbocycles. The number of carbonyl (C=O) groups excluding carboxylic acids is 1. The molecular weight excluding hydrogens is 240 g/mol. The molecule has 1 aromatic carbocycles. The normalized spacial score (nSPS) is 10.5. The van der Waals surface area contributed by atoms with Crippen LogP contribution in [0.5, 0.6) is 0 Å². The van der Waals surface area contributed by atoms with E-state index in [2.05, 4.69) is 15.4 Å². The molecule has 0 spiro atoms. The molecule has 5 heteroatoms. The van der Waals surface area contributed by atoms with Crippen LogP contribution in [0, 0.1) is 0 Å². The molecule has 5 nitrogen and oxygen atoms in total. The van der Waals surface area contributed by atoms with Gasteiger partial charge in [-0.15, -0.1) is 0 Å². The third-order valence-electron chi connectivity index (χ3n) is 2.77. The highest BCUT2D eigenvalue weighted by atomic mass is 16.1. The molecule has 0 aliphatic heterocycles. The van der Waals surface area contributed by atoms with E-state index in [1.165, 1.54) is 0 Å². The first-order valence-corrected chi connectivity index (χ1v) is 5.95. The lowest BCUT2D eigenvalue weighted by Crippen LogP contribution is -2.16. The van der Waals surface area contributed by atoms with Gasteiger partial charge in [-0.2, -0.15) is 9.61 Å². The first-order valence-electron chi connectivity index (χ1n) is 5.95. The number of anilines is 1. The Hall–Kier alpha value is -2.69. The van der Waals surface area contributed by atoms with E-state index >= 15 is 0 Å². The van der Waals surface area contributed by atoms with Crippen molar-refractivity contribution in [2.24, 2.45) is 0 Å². The fraction of sp³-hybridized carbons (Fsp3) is 0.0714. The van der Waals surface area contributed by atoms with Crippen molar-refractivity contribution in [3.05, 3.63) is 60.4 Å². The lowest BCUT2D eigenvalue weighted by molar-refractivity contribution is -0.115. The van der Waals surface area contributed by atoms with Gasteiger partial charge in [0.05, 0.1) is 12.6 Å². The topological polar surface area (TPSA) is 59.3 Å². The number of nitrogens with zero attached hydrogens (tertiary/aromatic N) is 3. The summed E-state index contributed by atoms with van der Waals surface area (Å²) < 4.78 is 1.60. The molecule has 0 saturated heterocycles. The van der Waals surface area contributed by atoms with Gasteiger partial charge in [0, 0.05) is 12.3 Å². The van der Waals surface area contributed by atoms with Crippen LogP contribution in [-0.4, -0.2) is 20.5 Å². The molecule has 19 heavy (non-hydrogen) atoms. The summed E-state index contributed by atoms with van der Waals surface area (Å²) in [7, 11) is 0. The van der Waals surface area contributed by atoms with Gasteiger partial charge in [0.2, 0.25) is 5.91 Å². The molecule has 1 N–H and O–H groups in total. The second kappa shape index (κ2) is 4.89. The van der Waals surface area contributed by atoms with Gasteiger partial charge in [0.15, 0.2) is 5.65 Å². The number of nitrogens with one attached hydrogen (secondary N) is 1. The number of rotatable bonds is 3. The summed E-state index contributed by atoms with van der Waals surface area (Å²) in [6.07, 6.45) is 3.64. The maximum absolute atomic E-state index is 12.0. The summed E-state index contributed by atoms with van der Waals surface area (Å²) in [6, 6.07) is 13.1. The number of fused-ring (bicyclic) bond motifs is 1. The molecule has 2 heterocycles. The predicted octanol–water partition coefficient (Wildman–Crippen LogP) is 1.91. The second-order valence-electron chi connectivity index (χ2n) is 4.14. The number of hydrogen-bond donors (Lipinski definition) is 1. The average molecular weight is 252 g/mol. The van der Waals surface area contributed by atoms with Crippen LogP contribution in [0.3, 0.4) is 0 Å². The van der Waals surface area contributed by atoms with Crippen molar-refractivity contribution in [1.82, 2.24) is 14.6 Å². The SMILES string of the molecule is O=C(Cc1ccccc1)Nc1ccnc2ccnn12. The predicted molar refractivity (Wildman–Crippen MR) is 71.8 cm³/mol. The number of benzene rings is 1. The Bertz CT molecular complexity index is 706. The quantitative estimate of drug-likeness (QED) is 0.774. The van der Waals surface area contributed by atoms with E-state index in [4.69, 9.17) is 0 Å². The van der Waals surface area contributed by atoms with Crippen LogP contribution >= 0.6 is 0 Å². The summed E-state index contributed by atoms with van der Waals surface area (Å²) >= 11 is 0. The molecule has 0 aliphatic rings. The summed E-state index contributed by atoms with van der Waals surface area (Å²) in [6.45, 7) is 0. The lowest BCUT2D eigenvalue weighted by Gasteiger charge is -2.06. The highest BCUT2D eigenvalue weighted by Gasteiger charge is 2.07. The highest BCUT2D eigenvalue weighted by Crippen LogP contribution is 2.09. The Morgan fingerprint density at radius 3 is 2.79 bits per heavy atom. The van der Waals surface area contributed by atoms with E-state index in [0.29, 0.717) is 17.9 Å². The largest absolute Gasteiger partial charge is 0.310 e. The molecular formula is C14H12N4O. The van der Waals surface area contributed by atoms with Gasteiger partial charge in [-0.3, -0.25) is 4.79 Å².